The van der Waals surface area contributed by atoms with Crippen LogP contribution in [-0.2, 0) is 9.53 Å². The SMILES string of the molecule is CCCCC(C(=O)OCCN1CCCC1C)C1C=CCC1. The van der Waals surface area contributed by atoms with Gasteiger partial charge in [0.15, 0.2) is 0 Å². The number of unbranched alkanes of at least 4 members (excludes halogenated alkanes) is 1. The Morgan fingerprint density at radius 1 is 1.43 bits per heavy atom. The van der Waals surface area contributed by atoms with Crippen molar-refractivity contribution in [2.75, 3.05) is 19.7 Å². The minimum absolute atomic E-state index is 0.0341. The van der Waals surface area contributed by atoms with Crippen LogP contribution >= 0.6 is 0 Å². The second-order valence-electron chi connectivity index (χ2n) is 6.61. The van der Waals surface area contributed by atoms with Crippen LogP contribution in [0.1, 0.15) is 58.8 Å². The number of rotatable bonds is 8. The normalized spacial score (nSPS) is 27.1. The maximum atomic E-state index is 12.4. The molecule has 0 N–H and O–H groups in total. The topological polar surface area (TPSA) is 29.5 Å². The lowest BCUT2D eigenvalue weighted by Gasteiger charge is -2.23. The van der Waals surface area contributed by atoms with Gasteiger partial charge in [-0.3, -0.25) is 9.69 Å². The van der Waals surface area contributed by atoms with Crippen molar-refractivity contribution in [3.8, 4) is 0 Å². The molecule has 3 nitrogen and oxygen atoms in total. The Hall–Kier alpha value is -0.830. The Morgan fingerprint density at radius 2 is 2.29 bits per heavy atom. The fourth-order valence-electron chi connectivity index (χ4n) is 3.62. The van der Waals surface area contributed by atoms with Gasteiger partial charge < -0.3 is 4.74 Å². The molecule has 2 aliphatic rings. The Bertz CT molecular complexity index is 353. The monoisotopic (exact) mass is 293 g/mol. The standard InChI is InChI=1S/C18H31NO2/c1-3-4-11-17(16-9-5-6-10-16)18(20)21-14-13-19-12-7-8-15(19)2/h5,9,15-17H,3-4,6-8,10-14H2,1-2H3. The minimum Gasteiger partial charge on any atom is -0.464 e. The van der Waals surface area contributed by atoms with Crippen LogP contribution in [-0.4, -0.2) is 36.6 Å². The van der Waals surface area contributed by atoms with E-state index < -0.39 is 0 Å². The molecule has 21 heavy (non-hydrogen) atoms. The summed E-state index contributed by atoms with van der Waals surface area (Å²) in [4.78, 5) is 14.9. The van der Waals surface area contributed by atoms with Gasteiger partial charge in [0.2, 0.25) is 0 Å². The highest BCUT2D eigenvalue weighted by molar-refractivity contribution is 5.73. The molecule has 120 valence electrons. The fraction of sp³-hybridized carbons (Fsp3) is 0.833. The van der Waals surface area contributed by atoms with Crippen molar-refractivity contribution in [2.24, 2.45) is 11.8 Å². The van der Waals surface area contributed by atoms with Crippen LogP contribution in [0.4, 0.5) is 0 Å². The van der Waals surface area contributed by atoms with E-state index in [4.69, 9.17) is 4.74 Å². The zero-order valence-electron chi connectivity index (χ0n) is 13.7. The van der Waals surface area contributed by atoms with Crippen LogP contribution < -0.4 is 0 Å². The van der Waals surface area contributed by atoms with Crippen LogP contribution in [0.3, 0.4) is 0 Å². The number of carbonyl (C=O) groups excluding carboxylic acids is 1. The molecule has 0 bridgehead atoms. The molecule has 3 atom stereocenters. The van der Waals surface area contributed by atoms with Gasteiger partial charge in [-0.25, -0.2) is 0 Å². The molecule has 0 aromatic carbocycles. The van der Waals surface area contributed by atoms with Crippen molar-refractivity contribution < 1.29 is 9.53 Å². The number of hydrogen-bond donors (Lipinski definition) is 0. The molecule has 3 heteroatoms. The Morgan fingerprint density at radius 3 is 2.90 bits per heavy atom. The van der Waals surface area contributed by atoms with E-state index in [1.165, 1.54) is 12.8 Å². The zero-order valence-corrected chi connectivity index (χ0v) is 13.7. The first-order valence-electron chi connectivity index (χ1n) is 8.79. The largest absolute Gasteiger partial charge is 0.464 e. The second kappa shape index (κ2) is 8.57. The maximum absolute atomic E-state index is 12.4. The molecule has 3 unspecified atom stereocenters. The van der Waals surface area contributed by atoms with Crippen molar-refractivity contribution in [3.05, 3.63) is 12.2 Å². The molecule has 1 aliphatic heterocycles. The van der Waals surface area contributed by atoms with Gasteiger partial charge in [0.05, 0.1) is 5.92 Å². The summed E-state index contributed by atoms with van der Waals surface area (Å²) in [5.74, 6) is 0.529. The van der Waals surface area contributed by atoms with Crippen molar-refractivity contribution >= 4 is 5.97 Å². The van der Waals surface area contributed by atoms with Crippen molar-refractivity contribution in [1.29, 1.82) is 0 Å². The third kappa shape index (κ3) is 4.84. The van der Waals surface area contributed by atoms with Gasteiger partial charge in [-0.2, -0.15) is 0 Å². The summed E-state index contributed by atoms with van der Waals surface area (Å²) in [6, 6.07) is 0.650. The van der Waals surface area contributed by atoms with E-state index in [1.807, 2.05) is 0 Å². The zero-order chi connectivity index (χ0) is 15.1. The van der Waals surface area contributed by atoms with Crippen LogP contribution in [0.25, 0.3) is 0 Å². The highest BCUT2D eigenvalue weighted by Gasteiger charge is 2.29. The fourth-order valence-corrected chi connectivity index (χ4v) is 3.62. The van der Waals surface area contributed by atoms with Gasteiger partial charge in [-0.05, 0) is 51.5 Å². The van der Waals surface area contributed by atoms with Gasteiger partial charge in [-0.1, -0.05) is 31.9 Å². The molecule has 0 amide bonds. The molecule has 0 aromatic rings. The lowest BCUT2D eigenvalue weighted by molar-refractivity contribution is -0.150. The number of allylic oxidation sites excluding steroid dienone is 2. The lowest BCUT2D eigenvalue weighted by atomic mass is 9.87. The van der Waals surface area contributed by atoms with Gasteiger partial charge in [0.1, 0.15) is 6.61 Å². The summed E-state index contributed by atoms with van der Waals surface area (Å²) in [5.41, 5.74) is 0. The predicted molar refractivity (Wildman–Crippen MR) is 86.1 cm³/mol. The van der Waals surface area contributed by atoms with E-state index in [0.29, 0.717) is 18.6 Å². The molecule has 0 saturated carbocycles. The summed E-state index contributed by atoms with van der Waals surface area (Å²) >= 11 is 0. The number of carbonyl (C=O) groups is 1. The van der Waals surface area contributed by atoms with E-state index in [2.05, 4.69) is 30.9 Å². The molecule has 1 saturated heterocycles. The van der Waals surface area contributed by atoms with Crippen molar-refractivity contribution in [1.82, 2.24) is 4.90 Å². The average Bonchev–Trinajstić information content (AvgIpc) is 3.12. The molecular weight excluding hydrogens is 262 g/mol. The first kappa shape index (κ1) is 16.5. The minimum atomic E-state index is 0.0341. The first-order chi connectivity index (χ1) is 10.2. The van der Waals surface area contributed by atoms with Gasteiger partial charge in [-0.15, -0.1) is 0 Å². The average molecular weight is 293 g/mol. The molecular formula is C18H31NO2. The number of nitrogens with zero attached hydrogens (tertiary/aromatic N) is 1. The summed E-state index contributed by atoms with van der Waals surface area (Å²) in [6.45, 7) is 7.06. The molecule has 0 aromatic heterocycles. The third-order valence-electron chi connectivity index (χ3n) is 5.05. The summed E-state index contributed by atoms with van der Waals surface area (Å²) in [7, 11) is 0. The van der Waals surface area contributed by atoms with Crippen molar-refractivity contribution in [3.63, 3.8) is 0 Å². The summed E-state index contributed by atoms with van der Waals surface area (Å²) in [6.07, 6.45) is 12.5. The third-order valence-corrected chi connectivity index (χ3v) is 5.05. The van der Waals surface area contributed by atoms with Gasteiger partial charge in [0.25, 0.3) is 0 Å². The number of esters is 1. The van der Waals surface area contributed by atoms with E-state index in [-0.39, 0.29) is 11.9 Å². The van der Waals surface area contributed by atoms with Crippen LogP contribution in [0.2, 0.25) is 0 Å². The predicted octanol–water partition coefficient (Wildman–Crippen LogP) is 3.79. The smallest absolute Gasteiger partial charge is 0.309 e. The first-order valence-corrected chi connectivity index (χ1v) is 8.79. The molecule has 0 radical (unpaired) electrons. The summed E-state index contributed by atoms with van der Waals surface area (Å²) in [5, 5.41) is 0. The van der Waals surface area contributed by atoms with Crippen molar-refractivity contribution in [2.45, 2.75) is 64.8 Å². The maximum Gasteiger partial charge on any atom is 0.309 e. The van der Waals surface area contributed by atoms with Gasteiger partial charge in [0, 0.05) is 12.6 Å². The molecule has 0 spiro atoms. The van der Waals surface area contributed by atoms with E-state index in [1.54, 1.807) is 0 Å². The molecule has 1 aliphatic carbocycles. The second-order valence-corrected chi connectivity index (χ2v) is 6.61. The Kier molecular flexibility index (Phi) is 6.75. The quantitative estimate of drug-likeness (QED) is 0.504. The van der Waals surface area contributed by atoms with E-state index in [9.17, 15) is 4.79 Å². The highest BCUT2D eigenvalue weighted by Crippen LogP contribution is 2.30. The highest BCUT2D eigenvalue weighted by atomic mass is 16.5. The van der Waals surface area contributed by atoms with Crippen LogP contribution in [0.5, 0.6) is 0 Å². The van der Waals surface area contributed by atoms with Gasteiger partial charge >= 0.3 is 5.97 Å². The molecule has 1 heterocycles. The molecule has 1 fully saturated rings. The van der Waals surface area contributed by atoms with Crippen LogP contribution in [0.15, 0.2) is 12.2 Å². The Balaban J connectivity index is 1.76. The molecule has 2 rings (SSSR count). The number of hydrogen-bond acceptors (Lipinski definition) is 3. The number of likely N-dealkylation sites (tertiary alicyclic amines) is 1. The number of ether oxygens (including phenoxy) is 1. The van der Waals surface area contributed by atoms with E-state index in [0.717, 1.165) is 45.2 Å². The summed E-state index contributed by atoms with van der Waals surface area (Å²) < 4.78 is 5.61. The lowest BCUT2D eigenvalue weighted by Crippen LogP contribution is -2.32. The van der Waals surface area contributed by atoms with E-state index >= 15 is 0 Å². The van der Waals surface area contributed by atoms with Crippen LogP contribution in [0, 0.1) is 11.8 Å². The Labute approximate surface area is 129 Å².